The van der Waals surface area contributed by atoms with E-state index in [0.717, 1.165) is 36.8 Å². The third-order valence-electron chi connectivity index (χ3n) is 7.22. The van der Waals surface area contributed by atoms with Gasteiger partial charge in [-0.15, -0.1) is 0 Å². The largest absolute Gasteiger partial charge is 0.483 e. The summed E-state index contributed by atoms with van der Waals surface area (Å²) in [5, 5.41) is 4.17. The van der Waals surface area contributed by atoms with E-state index in [1.54, 1.807) is 23.1 Å². The van der Waals surface area contributed by atoms with E-state index in [4.69, 9.17) is 27.9 Å². The molecule has 5 nitrogen and oxygen atoms in total. The Labute approximate surface area is 241 Å². The lowest BCUT2D eigenvalue weighted by Crippen LogP contribution is -2.53. The van der Waals surface area contributed by atoms with Crippen LogP contribution in [0, 0.1) is 0 Å². The standard InChI is InChI=1S/C32H36Cl2N2O3/c1-22(2)27-14-8-9-15-30(27)39-21-31(37)36(20-24-16-17-25(33)19-28(24)34)29(18-23-10-4-3-5-11-23)32(38)35-26-12-6-7-13-26/h3-5,8-11,14-17,19,22,26,29H,6-7,12-13,18,20-21H2,1-2H3,(H,35,38)/t29-/m0/s1. The first-order chi connectivity index (χ1) is 18.8. The number of hydrogen-bond donors (Lipinski definition) is 1. The van der Waals surface area contributed by atoms with Crippen molar-refractivity contribution in [1.29, 1.82) is 0 Å². The molecule has 3 aromatic rings. The molecule has 39 heavy (non-hydrogen) atoms. The quantitative estimate of drug-likeness (QED) is 0.267. The molecule has 0 aromatic heterocycles. The highest BCUT2D eigenvalue weighted by Crippen LogP contribution is 2.27. The van der Waals surface area contributed by atoms with Crippen LogP contribution in [0.25, 0.3) is 0 Å². The van der Waals surface area contributed by atoms with Gasteiger partial charge in [0.1, 0.15) is 11.8 Å². The number of carbonyl (C=O) groups is 2. The maximum atomic E-state index is 13.9. The molecule has 3 aromatic carbocycles. The minimum atomic E-state index is -0.740. The zero-order valence-electron chi connectivity index (χ0n) is 22.5. The average Bonchev–Trinajstić information content (AvgIpc) is 3.44. The first kappa shape index (κ1) is 29.0. The van der Waals surface area contributed by atoms with Gasteiger partial charge in [0, 0.05) is 29.1 Å². The Morgan fingerprint density at radius 3 is 2.36 bits per heavy atom. The van der Waals surface area contributed by atoms with Gasteiger partial charge in [-0.1, -0.05) is 104 Å². The lowest BCUT2D eigenvalue weighted by molar-refractivity contribution is -0.143. The van der Waals surface area contributed by atoms with Gasteiger partial charge in [0.05, 0.1) is 0 Å². The topological polar surface area (TPSA) is 58.6 Å². The minimum Gasteiger partial charge on any atom is -0.483 e. The Hall–Kier alpha value is -3.02. The zero-order chi connectivity index (χ0) is 27.8. The van der Waals surface area contributed by atoms with E-state index in [0.29, 0.717) is 27.8 Å². The second kappa shape index (κ2) is 13.9. The molecule has 2 amide bonds. The van der Waals surface area contributed by atoms with Gasteiger partial charge in [-0.3, -0.25) is 9.59 Å². The van der Waals surface area contributed by atoms with Gasteiger partial charge in [0.2, 0.25) is 5.91 Å². The summed E-state index contributed by atoms with van der Waals surface area (Å²) in [5.41, 5.74) is 2.70. The molecule has 0 saturated heterocycles. The second-order valence-electron chi connectivity index (χ2n) is 10.4. The average molecular weight is 568 g/mol. The molecule has 0 bridgehead atoms. The number of halogens is 2. The Bertz CT molecular complexity index is 1260. The highest BCUT2D eigenvalue weighted by molar-refractivity contribution is 6.35. The van der Waals surface area contributed by atoms with Gasteiger partial charge in [-0.05, 0) is 53.6 Å². The first-order valence-electron chi connectivity index (χ1n) is 13.6. The summed E-state index contributed by atoms with van der Waals surface area (Å²) >= 11 is 12.7. The number of para-hydroxylation sites is 1. The highest BCUT2D eigenvalue weighted by atomic mass is 35.5. The van der Waals surface area contributed by atoms with Crippen LogP contribution in [-0.4, -0.2) is 35.4 Å². The van der Waals surface area contributed by atoms with Crippen LogP contribution in [0.15, 0.2) is 72.8 Å². The summed E-state index contributed by atoms with van der Waals surface area (Å²) in [5.74, 6) is 0.456. The number of nitrogens with zero attached hydrogens (tertiary/aromatic N) is 1. The molecule has 1 saturated carbocycles. The Morgan fingerprint density at radius 1 is 0.974 bits per heavy atom. The van der Waals surface area contributed by atoms with Crippen molar-refractivity contribution in [2.75, 3.05) is 6.61 Å². The number of nitrogens with one attached hydrogen (secondary N) is 1. The molecule has 0 unspecified atom stereocenters. The predicted molar refractivity (Wildman–Crippen MR) is 157 cm³/mol. The third kappa shape index (κ3) is 8.00. The van der Waals surface area contributed by atoms with Crippen molar-refractivity contribution in [2.45, 2.75) is 70.5 Å². The molecule has 1 aliphatic carbocycles. The Morgan fingerprint density at radius 2 is 1.67 bits per heavy atom. The summed E-state index contributed by atoms with van der Waals surface area (Å²) in [7, 11) is 0. The third-order valence-corrected chi connectivity index (χ3v) is 7.81. The maximum Gasteiger partial charge on any atom is 0.261 e. The summed E-state index contributed by atoms with van der Waals surface area (Å²) in [4.78, 5) is 29.3. The minimum absolute atomic E-state index is 0.126. The normalized spacial score (nSPS) is 14.3. The van der Waals surface area contributed by atoms with Gasteiger partial charge in [-0.2, -0.15) is 0 Å². The molecule has 1 aliphatic rings. The molecule has 7 heteroatoms. The molecule has 0 aliphatic heterocycles. The maximum absolute atomic E-state index is 13.9. The molecule has 1 N–H and O–H groups in total. The molecule has 0 radical (unpaired) electrons. The number of rotatable bonds is 11. The van der Waals surface area contributed by atoms with E-state index in [1.807, 2.05) is 54.6 Å². The Balaban J connectivity index is 1.65. The van der Waals surface area contributed by atoms with Crippen molar-refractivity contribution >= 4 is 35.0 Å². The van der Waals surface area contributed by atoms with Crippen LogP contribution in [0.5, 0.6) is 5.75 Å². The van der Waals surface area contributed by atoms with Gasteiger partial charge in [0.15, 0.2) is 6.61 Å². The SMILES string of the molecule is CC(C)c1ccccc1OCC(=O)N(Cc1ccc(Cl)cc1Cl)[C@@H](Cc1ccccc1)C(=O)NC1CCCC1. The van der Waals surface area contributed by atoms with Gasteiger partial charge < -0.3 is 15.0 Å². The first-order valence-corrected chi connectivity index (χ1v) is 14.4. The van der Waals surface area contributed by atoms with E-state index < -0.39 is 6.04 Å². The molecule has 4 rings (SSSR count). The van der Waals surface area contributed by atoms with E-state index in [9.17, 15) is 9.59 Å². The van der Waals surface area contributed by atoms with E-state index in [2.05, 4.69) is 19.2 Å². The smallest absolute Gasteiger partial charge is 0.261 e. The van der Waals surface area contributed by atoms with Crippen LogP contribution in [0.4, 0.5) is 0 Å². The van der Waals surface area contributed by atoms with Gasteiger partial charge in [0.25, 0.3) is 5.91 Å². The lowest BCUT2D eigenvalue weighted by atomic mass is 10.0. The predicted octanol–water partition coefficient (Wildman–Crippen LogP) is 7.19. The fraction of sp³-hybridized carbons (Fsp3) is 0.375. The molecule has 1 atom stereocenters. The van der Waals surface area contributed by atoms with E-state index >= 15 is 0 Å². The van der Waals surface area contributed by atoms with Crippen molar-refractivity contribution in [1.82, 2.24) is 10.2 Å². The van der Waals surface area contributed by atoms with Crippen LogP contribution in [0.2, 0.25) is 10.0 Å². The fourth-order valence-electron chi connectivity index (χ4n) is 5.07. The number of carbonyl (C=O) groups excluding carboxylic acids is 2. The number of amides is 2. The Kier molecular flexibility index (Phi) is 10.3. The molecule has 0 spiro atoms. The zero-order valence-corrected chi connectivity index (χ0v) is 24.0. The van der Waals surface area contributed by atoms with E-state index in [-0.39, 0.29) is 36.9 Å². The number of ether oxygens (including phenoxy) is 1. The molecule has 206 valence electrons. The van der Waals surface area contributed by atoms with Crippen LogP contribution in [0.3, 0.4) is 0 Å². The van der Waals surface area contributed by atoms with Crippen LogP contribution in [-0.2, 0) is 22.6 Å². The molecule has 0 heterocycles. The summed E-state index contributed by atoms with van der Waals surface area (Å²) in [6, 6.07) is 22.1. The van der Waals surface area contributed by atoms with Crippen LogP contribution >= 0.6 is 23.2 Å². The highest BCUT2D eigenvalue weighted by Gasteiger charge is 2.33. The van der Waals surface area contributed by atoms with Crippen molar-refractivity contribution in [3.8, 4) is 5.75 Å². The van der Waals surface area contributed by atoms with Crippen molar-refractivity contribution < 1.29 is 14.3 Å². The number of hydrogen-bond acceptors (Lipinski definition) is 3. The van der Waals surface area contributed by atoms with Crippen LogP contribution in [0.1, 0.15) is 62.1 Å². The number of benzene rings is 3. The lowest BCUT2D eigenvalue weighted by Gasteiger charge is -2.32. The summed E-state index contributed by atoms with van der Waals surface area (Å²) < 4.78 is 6.06. The van der Waals surface area contributed by atoms with E-state index in [1.165, 1.54) is 0 Å². The van der Waals surface area contributed by atoms with Crippen molar-refractivity contribution in [2.24, 2.45) is 0 Å². The second-order valence-corrected chi connectivity index (χ2v) is 11.3. The van der Waals surface area contributed by atoms with Crippen molar-refractivity contribution in [3.05, 3.63) is 99.5 Å². The molecule has 1 fully saturated rings. The van der Waals surface area contributed by atoms with Crippen molar-refractivity contribution in [3.63, 3.8) is 0 Å². The summed E-state index contributed by atoms with van der Waals surface area (Å²) in [6.07, 6.45) is 4.48. The summed E-state index contributed by atoms with van der Waals surface area (Å²) in [6.45, 7) is 4.13. The molecular formula is C32H36Cl2N2O3. The fourth-order valence-corrected chi connectivity index (χ4v) is 5.53. The monoisotopic (exact) mass is 566 g/mol. The molecular weight excluding hydrogens is 531 g/mol. The van der Waals surface area contributed by atoms with Crippen LogP contribution < -0.4 is 10.1 Å². The van der Waals surface area contributed by atoms with Gasteiger partial charge >= 0.3 is 0 Å². The van der Waals surface area contributed by atoms with Gasteiger partial charge in [-0.25, -0.2) is 0 Å².